The summed E-state index contributed by atoms with van der Waals surface area (Å²) in [5.74, 6) is 1.54. The average molecular weight is 517 g/mol. The number of ether oxygens (including phenoxy) is 1. The maximum Gasteiger partial charge on any atom is 0.179 e. The van der Waals surface area contributed by atoms with Crippen molar-refractivity contribution in [1.29, 1.82) is 0 Å². The Bertz CT molecular complexity index is 1670. The van der Waals surface area contributed by atoms with Gasteiger partial charge in [0.15, 0.2) is 5.65 Å². The van der Waals surface area contributed by atoms with Gasteiger partial charge in [-0.15, -0.1) is 4.73 Å². The third-order valence-electron chi connectivity index (χ3n) is 6.13. The fraction of sp³-hybridized carbons (Fsp3) is 0.0312. The SMILES string of the molecule is Cc1ccc(-c2cn(OOSc3ccccc3)c3ncc(-c4ccccc4Oc4ccccc4)cc23)cc1. The van der Waals surface area contributed by atoms with Crippen molar-refractivity contribution in [2.45, 2.75) is 11.8 Å². The topological polar surface area (TPSA) is 45.5 Å². The van der Waals surface area contributed by atoms with Crippen LogP contribution in [-0.2, 0) is 4.33 Å². The molecular formula is C32H24N2O3S. The van der Waals surface area contributed by atoms with Gasteiger partial charge >= 0.3 is 0 Å². The van der Waals surface area contributed by atoms with E-state index >= 15 is 0 Å². The summed E-state index contributed by atoms with van der Waals surface area (Å²) in [7, 11) is 0. The lowest BCUT2D eigenvalue weighted by Gasteiger charge is -2.11. The number of aryl methyl sites for hydroxylation is 1. The number of hydrogen-bond acceptors (Lipinski definition) is 5. The first kappa shape index (κ1) is 23.9. The van der Waals surface area contributed by atoms with Crippen LogP contribution in [0.25, 0.3) is 33.3 Å². The number of rotatable bonds is 8. The number of hydrogen-bond donors (Lipinski definition) is 0. The van der Waals surface area contributed by atoms with Crippen LogP contribution in [0.1, 0.15) is 5.56 Å². The highest BCUT2D eigenvalue weighted by Crippen LogP contribution is 2.37. The number of para-hydroxylation sites is 2. The summed E-state index contributed by atoms with van der Waals surface area (Å²) in [5.41, 5.74) is 5.79. The van der Waals surface area contributed by atoms with Crippen LogP contribution in [0.5, 0.6) is 11.5 Å². The van der Waals surface area contributed by atoms with E-state index in [0.29, 0.717) is 5.65 Å². The van der Waals surface area contributed by atoms with E-state index in [4.69, 9.17) is 19.0 Å². The van der Waals surface area contributed by atoms with E-state index in [-0.39, 0.29) is 0 Å². The van der Waals surface area contributed by atoms with E-state index in [1.165, 1.54) is 5.56 Å². The smallest absolute Gasteiger partial charge is 0.179 e. The molecule has 0 aliphatic carbocycles. The summed E-state index contributed by atoms with van der Waals surface area (Å²) in [6.45, 7) is 2.08. The minimum atomic E-state index is 0.652. The fourth-order valence-corrected chi connectivity index (χ4v) is 4.66. The maximum atomic E-state index is 6.22. The van der Waals surface area contributed by atoms with Crippen LogP contribution in [-0.4, -0.2) is 9.71 Å². The summed E-state index contributed by atoms with van der Waals surface area (Å²) in [4.78, 5) is 11.4. The van der Waals surface area contributed by atoms with Gasteiger partial charge in [-0.2, -0.15) is 0 Å². The molecule has 0 bridgehead atoms. The largest absolute Gasteiger partial charge is 0.457 e. The highest BCUT2D eigenvalue weighted by atomic mass is 32.2. The fourth-order valence-electron chi connectivity index (χ4n) is 4.22. The number of aromatic nitrogens is 2. The summed E-state index contributed by atoms with van der Waals surface area (Å²) in [5, 5.41) is 0.939. The Labute approximate surface area is 225 Å². The van der Waals surface area contributed by atoms with E-state index in [0.717, 1.165) is 56.1 Å². The van der Waals surface area contributed by atoms with Crippen molar-refractivity contribution in [3.05, 3.63) is 133 Å². The average Bonchev–Trinajstić information content (AvgIpc) is 3.33. The number of fused-ring (bicyclic) bond motifs is 1. The van der Waals surface area contributed by atoms with E-state index < -0.39 is 0 Å². The Balaban J connectivity index is 1.39. The molecule has 4 aromatic carbocycles. The molecule has 38 heavy (non-hydrogen) atoms. The van der Waals surface area contributed by atoms with Gasteiger partial charge in [0.25, 0.3) is 0 Å². The highest BCUT2D eigenvalue weighted by Gasteiger charge is 2.16. The number of nitrogens with zero attached hydrogens (tertiary/aromatic N) is 2. The number of pyridine rings is 1. The molecule has 0 spiro atoms. The van der Waals surface area contributed by atoms with Gasteiger partial charge in [0.2, 0.25) is 0 Å². The maximum absolute atomic E-state index is 6.22. The summed E-state index contributed by atoms with van der Waals surface area (Å²) in [6.07, 6.45) is 3.74. The van der Waals surface area contributed by atoms with Gasteiger partial charge in [0.1, 0.15) is 11.5 Å². The molecule has 0 unspecified atom stereocenters. The molecule has 6 rings (SSSR count). The Morgan fingerprint density at radius 1 is 0.711 bits per heavy atom. The second-order valence-electron chi connectivity index (χ2n) is 8.78. The normalized spacial score (nSPS) is 11.0. The molecule has 0 amide bonds. The Morgan fingerprint density at radius 2 is 1.42 bits per heavy atom. The van der Waals surface area contributed by atoms with Crippen molar-refractivity contribution in [1.82, 2.24) is 9.71 Å². The predicted molar refractivity (Wildman–Crippen MR) is 152 cm³/mol. The molecule has 2 heterocycles. The van der Waals surface area contributed by atoms with Crippen LogP contribution in [0.3, 0.4) is 0 Å². The van der Waals surface area contributed by atoms with Gasteiger partial charge in [-0.3, -0.25) is 0 Å². The third-order valence-corrected chi connectivity index (χ3v) is 6.72. The molecule has 6 aromatic rings. The molecule has 0 fully saturated rings. The van der Waals surface area contributed by atoms with Crippen LogP contribution < -0.4 is 9.73 Å². The number of benzene rings is 4. The second kappa shape index (κ2) is 10.8. The molecule has 0 aliphatic rings. The molecule has 186 valence electrons. The lowest BCUT2D eigenvalue weighted by molar-refractivity contribution is -0.188. The zero-order valence-electron chi connectivity index (χ0n) is 20.7. The van der Waals surface area contributed by atoms with Crippen LogP contribution in [0.2, 0.25) is 0 Å². The lowest BCUT2D eigenvalue weighted by atomic mass is 10.0. The van der Waals surface area contributed by atoms with E-state index in [2.05, 4.69) is 37.3 Å². The zero-order valence-corrected chi connectivity index (χ0v) is 21.5. The summed E-state index contributed by atoms with van der Waals surface area (Å²) < 4.78 is 13.3. The molecule has 0 saturated heterocycles. The van der Waals surface area contributed by atoms with E-state index in [9.17, 15) is 0 Å². The summed E-state index contributed by atoms with van der Waals surface area (Å²) >= 11 is 1.15. The van der Waals surface area contributed by atoms with Crippen molar-refractivity contribution in [2.75, 3.05) is 0 Å². The van der Waals surface area contributed by atoms with Crippen molar-refractivity contribution >= 4 is 23.1 Å². The zero-order chi connectivity index (χ0) is 25.7. The first-order chi connectivity index (χ1) is 18.7. The monoisotopic (exact) mass is 516 g/mol. The molecule has 6 heteroatoms. The van der Waals surface area contributed by atoms with E-state index in [1.807, 2.05) is 97.3 Å². The van der Waals surface area contributed by atoms with Gasteiger partial charge in [0, 0.05) is 33.2 Å². The molecule has 2 aromatic heterocycles. The highest BCUT2D eigenvalue weighted by molar-refractivity contribution is 7.94. The molecule has 0 aliphatic heterocycles. The van der Waals surface area contributed by atoms with Gasteiger partial charge in [-0.05, 0) is 48.9 Å². The van der Waals surface area contributed by atoms with Gasteiger partial charge < -0.3 is 4.74 Å². The predicted octanol–water partition coefficient (Wildman–Crippen LogP) is 8.54. The quantitative estimate of drug-likeness (QED) is 0.115. The van der Waals surface area contributed by atoms with Gasteiger partial charge in [-0.1, -0.05) is 88.8 Å². The molecule has 0 saturated carbocycles. The van der Waals surface area contributed by atoms with Gasteiger partial charge in [-0.25, -0.2) is 9.97 Å². The summed E-state index contributed by atoms with van der Waals surface area (Å²) in [6, 6.07) is 38.1. The second-order valence-corrected chi connectivity index (χ2v) is 9.55. The van der Waals surface area contributed by atoms with Crippen LogP contribution in [0.4, 0.5) is 0 Å². The Kier molecular flexibility index (Phi) is 6.81. The van der Waals surface area contributed by atoms with Crippen molar-refractivity contribution in [3.8, 4) is 33.8 Å². The minimum Gasteiger partial charge on any atom is -0.457 e. The van der Waals surface area contributed by atoms with E-state index in [1.54, 1.807) is 4.73 Å². The Morgan fingerprint density at radius 3 is 2.21 bits per heavy atom. The van der Waals surface area contributed by atoms with Crippen LogP contribution in [0.15, 0.2) is 133 Å². The molecular weight excluding hydrogens is 492 g/mol. The third kappa shape index (κ3) is 5.13. The first-order valence-electron chi connectivity index (χ1n) is 12.2. The molecule has 0 N–H and O–H groups in total. The molecule has 0 atom stereocenters. The van der Waals surface area contributed by atoms with Crippen molar-refractivity contribution in [3.63, 3.8) is 0 Å². The van der Waals surface area contributed by atoms with Gasteiger partial charge in [0.05, 0.1) is 18.2 Å². The molecule has 0 radical (unpaired) electrons. The van der Waals surface area contributed by atoms with Crippen molar-refractivity contribution < 1.29 is 14.1 Å². The standard InChI is InChI=1S/C32H24N2O3S/c1-23-16-18-24(19-17-23)30-22-34(36-37-38-27-12-6-3-7-13-27)32-29(30)20-25(21-33-32)28-14-8-9-15-31(28)35-26-10-4-2-5-11-26/h2-22H,1H3. The van der Waals surface area contributed by atoms with Crippen LogP contribution in [0, 0.1) is 6.92 Å². The lowest BCUT2D eigenvalue weighted by Crippen LogP contribution is -2.07. The Hall–Kier alpha value is -4.52. The van der Waals surface area contributed by atoms with Crippen LogP contribution >= 0.6 is 12.0 Å². The molecule has 5 nitrogen and oxygen atoms in total. The minimum absolute atomic E-state index is 0.652. The first-order valence-corrected chi connectivity index (χ1v) is 13.0. The van der Waals surface area contributed by atoms with Crippen molar-refractivity contribution in [2.24, 2.45) is 0 Å².